The first kappa shape index (κ1) is 49.0. The number of aliphatic imine (C=N–C) groups is 1. The summed E-state index contributed by atoms with van der Waals surface area (Å²) in [6, 6.07) is 40.5. The first-order valence-electron chi connectivity index (χ1n) is 24.6. The van der Waals surface area contributed by atoms with Gasteiger partial charge in [0.1, 0.15) is 5.69 Å². The highest BCUT2D eigenvalue weighted by Gasteiger charge is 2.18. The number of allylic oxidation sites excluding steroid dienone is 13. The molecule has 0 fully saturated rings. The molecule has 8 aromatic rings. The van der Waals surface area contributed by atoms with Gasteiger partial charge in [0.15, 0.2) is 5.82 Å². The van der Waals surface area contributed by atoms with E-state index in [1.54, 1.807) is 12.2 Å². The molecule has 71 heavy (non-hydrogen) atoms. The normalized spacial score (nSPS) is 13.5. The van der Waals surface area contributed by atoms with Gasteiger partial charge in [-0.05, 0) is 134 Å². The predicted molar refractivity (Wildman–Crippen MR) is 306 cm³/mol. The molecular formula is C65H60N6. The number of pyridine rings is 3. The van der Waals surface area contributed by atoms with Gasteiger partial charge in [0, 0.05) is 33.7 Å². The molecule has 0 spiro atoms. The number of nitrogens with zero attached hydrogens (tertiary/aromatic N) is 6. The van der Waals surface area contributed by atoms with Crippen LogP contribution in [0.15, 0.2) is 206 Å². The summed E-state index contributed by atoms with van der Waals surface area (Å²) in [6.07, 6.45) is 27.8. The van der Waals surface area contributed by atoms with Gasteiger partial charge in [-0.2, -0.15) is 0 Å². The molecule has 0 bridgehead atoms. The minimum atomic E-state index is 0.595. The minimum absolute atomic E-state index is 0.595. The van der Waals surface area contributed by atoms with Crippen molar-refractivity contribution in [3.8, 4) is 45.2 Å². The molecule has 0 N–H and O–H groups in total. The first-order valence-corrected chi connectivity index (χ1v) is 24.6. The largest absolute Gasteiger partial charge is 0.259 e. The van der Waals surface area contributed by atoms with Crippen molar-refractivity contribution >= 4 is 61.7 Å². The number of aromatic nitrogens is 5. The number of hydrogen-bond acceptors (Lipinski definition) is 6. The second-order valence-electron chi connectivity index (χ2n) is 16.9. The third-order valence-electron chi connectivity index (χ3n) is 12.4. The molecule has 350 valence electrons. The van der Waals surface area contributed by atoms with E-state index in [1.807, 2.05) is 70.4 Å². The minimum Gasteiger partial charge on any atom is -0.259 e. The molecular weight excluding hydrogens is 865 g/mol. The Hall–Kier alpha value is -8.48. The van der Waals surface area contributed by atoms with E-state index in [-0.39, 0.29) is 0 Å². The van der Waals surface area contributed by atoms with Crippen LogP contribution in [-0.2, 0) is 0 Å². The number of hydrogen-bond donors (Lipinski definition) is 0. The van der Waals surface area contributed by atoms with Crippen molar-refractivity contribution in [1.29, 1.82) is 0 Å². The van der Waals surface area contributed by atoms with Gasteiger partial charge >= 0.3 is 0 Å². The van der Waals surface area contributed by atoms with Crippen molar-refractivity contribution in [2.45, 2.75) is 60.3 Å². The zero-order valence-corrected chi connectivity index (χ0v) is 41.5. The Morgan fingerprint density at radius 1 is 0.606 bits per heavy atom. The van der Waals surface area contributed by atoms with Gasteiger partial charge in [-0.15, -0.1) is 0 Å². The average Bonchev–Trinajstić information content (AvgIpc) is 3.43. The summed E-state index contributed by atoms with van der Waals surface area (Å²) in [6.45, 7) is 21.5. The Morgan fingerprint density at radius 3 is 1.85 bits per heavy atom. The summed E-state index contributed by atoms with van der Waals surface area (Å²) in [4.78, 5) is 30.3. The highest BCUT2D eigenvalue weighted by molar-refractivity contribution is 6.05. The molecule has 1 aliphatic heterocycles. The second kappa shape index (κ2) is 23.2. The van der Waals surface area contributed by atoms with Crippen LogP contribution in [0, 0.1) is 0 Å². The standard InChI is InChI=1S/C58H46N6.C5H8.C2H6/c1-5-8-16-38(6-2)54-36-55(40-17-10-9-11-18-40)64-58(63-54)53-32-25-44-35-42(23-29-50(44)61-53)41-22-28-49-43(34-41)24-31-51(60-49)47-26-27-48(46-20-13-12-19-45(46)47)52-30-21-39(7-3)57(62-52)56-37(4)15-14-33-59-56;1-3-5-4-2;1-2/h5-8,10,12-13,16-36H,1,3,9,11,14-15H2,2,4H3;3-5H,1H2,2H3;1-2H3/b16-8-,38-6+;5-4-;. The van der Waals surface area contributed by atoms with Crippen LogP contribution in [0.5, 0.6) is 0 Å². The maximum Gasteiger partial charge on any atom is 0.179 e. The SMILES string of the molecule is C=C/C=C\C.C=C/C=C\C(=C/C)c1cc(C2=CCCC=C2)nc(-c2ccc3cc(-c4ccc5nc(-c6ccc(-c7ccc(C=C)c(C8=C(C)CCC=N8)n7)c7ccccc67)ccc5c4)ccc3n2)n1.CC. The highest BCUT2D eigenvalue weighted by Crippen LogP contribution is 2.38. The van der Waals surface area contributed by atoms with Gasteiger partial charge in [0.2, 0.25) is 0 Å². The van der Waals surface area contributed by atoms with Crippen LogP contribution in [0.2, 0.25) is 0 Å². The van der Waals surface area contributed by atoms with Crippen LogP contribution in [0.1, 0.15) is 82.9 Å². The maximum atomic E-state index is 5.21. The van der Waals surface area contributed by atoms with E-state index in [9.17, 15) is 0 Å². The fraction of sp³-hybridized carbons (Fsp3) is 0.138. The van der Waals surface area contributed by atoms with Crippen molar-refractivity contribution in [3.05, 3.63) is 224 Å². The molecule has 4 aromatic heterocycles. The summed E-state index contributed by atoms with van der Waals surface area (Å²) < 4.78 is 0. The molecule has 0 amide bonds. The maximum absolute atomic E-state index is 5.21. The van der Waals surface area contributed by atoms with Gasteiger partial charge in [0.25, 0.3) is 0 Å². The van der Waals surface area contributed by atoms with Crippen LogP contribution >= 0.6 is 0 Å². The molecule has 0 saturated carbocycles. The number of benzene rings is 4. The van der Waals surface area contributed by atoms with Crippen molar-refractivity contribution in [2.24, 2.45) is 4.99 Å². The molecule has 0 unspecified atom stereocenters. The molecule has 2 aliphatic rings. The summed E-state index contributed by atoms with van der Waals surface area (Å²) in [7, 11) is 0. The zero-order valence-electron chi connectivity index (χ0n) is 41.5. The lowest BCUT2D eigenvalue weighted by Crippen LogP contribution is -2.01. The van der Waals surface area contributed by atoms with E-state index in [1.165, 1.54) is 5.57 Å². The highest BCUT2D eigenvalue weighted by atomic mass is 14.9. The number of fused-ring (bicyclic) bond motifs is 3. The van der Waals surface area contributed by atoms with Crippen molar-refractivity contribution < 1.29 is 0 Å². The monoisotopic (exact) mass is 924 g/mol. The fourth-order valence-corrected chi connectivity index (χ4v) is 8.83. The smallest absolute Gasteiger partial charge is 0.179 e. The van der Waals surface area contributed by atoms with Crippen molar-refractivity contribution in [1.82, 2.24) is 24.9 Å². The quantitative estimate of drug-likeness (QED) is 0.121. The number of rotatable bonds is 11. The lowest BCUT2D eigenvalue weighted by Gasteiger charge is -2.16. The topological polar surface area (TPSA) is 76.8 Å². The van der Waals surface area contributed by atoms with Crippen LogP contribution < -0.4 is 0 Å². The summed E-state index contributed by atoms with van der Waals surface area (Å²) in [5.74, 6) is 0.595. The average molecular weight is 925 g/mol. The molecule has 0 radical (unpaired) electrons. The Bertz CT molecular complexity index is 3540. The van der Waals surface area contributed by atoms with E-state index in [2.05, 4.69) is 160 Å². The molecule has 1 aliphatic carbocycles. The van der Waals surface area contributed by atoms with Gasteiger partial charge in [-0.3, -0.25) is 4.99 Å². The third kappa shape index (κ3) is 10.9. The molecule has 4 aromatic carbocycles. The molecule has 0 atom stereocenters. The first-order chi connectivity index (χ1) is 34.9. The van der Waals surface area contributed by atoms with E-state index in [0.29, 0.717) is 5.82 Å². The van der Waals surface area contributed by atoms with Crippen LogP contribution in [0.25, 0.3) is 101 Å². The fourth-order valence-electron chi connectivity index (χ4n) is 8.83. The van der Waals surface area contributed by atoms with Gasteiger partial charge < -0.3 is 0 Å². The van der Waals surface area contributed by atoms with Crippen molar-refractivity contribution in [2.75, 3.05) is 0 Å². The van der Waals surface area contributed by atoms with E-state index in [4.69, 9.17) is 29.9 Å². The third-order valence-corrected chi connectivity index (χ3v) is 12.4. The summed E-state index contributed by atoms with van der Waals surface area (Å²) in [5, 5.41) is 4.36. The van der Waals surface area contributed by atoms with Gasteiger partial charge in [-0.1, -0.05) is 167 Å². The molecule has 5 heterocycles. The molecule has 10 rings (SSSR count). The van der Waals surface area contributed by atoms with Gasteiger partial charge in [-0.25, -0.2) is 24.9 Å². The predicted octanol–water partition coefficient (Wildman–Crippen LogP) is 17.7. The lowest BCUT2D eigenvalue weighted by molar-refractivity contribution is 0.997. The van der Waals surface area contributed by atoms with Crippen molar-refractivity contribution in [3.63, 3.8) is 0 Å². The Labute approximate surface area is 419 Å². The second-order valence-corrected chi connectivity index (χ2v) is 16.9. The van der Waals surface area contributed by atoms with E-state index < -0.39 is 0 Å². The molecule has 0 saturated heterocycles. The van der Waals surface area contributed by atoms with Gasteiger partial charge in [0.05, 0.1) is 45.2 Å². The van der Waals surface area contributed by atoms with E-state index >= 15 is 0 Å². The molecule has 6 nitrogen and oxygen atoms in total. The lowest BCUT2D eigenvalue weighted by atomic mass is 9.94. The van der Waals surface area contributed by atoms with Crippen LogP contribution in [-0.4, -0.2) is 31.1 Å². The Morgan fingerprint density at radius 2 is 1.25 bits per heavy atom. The van der Waals surface area contributed by atoms with Crippen LogP contribution in [0.4, 0.5) is 0 Å². The summed E-state index contributed by atoms with van der Waals surface area (Å²) >= 11 is 0. The van der Waals surface area contributed by atoms with E-state index in [0.717, 1.165) is 137 Å². The Balaban J connectivity index is 0.000000910. The zero-order chi connectivity index (χ0) is 49.7. The van der Waals surface area contributed by atoms with Crippen LogP contribution in [0.3, 0.4) is 0 Å². The Kier molecular flexibility index (Phi) is 16.0. The summed E-state index contributed by atoms with van der Waals surface area (Å²) in [5.41, 5.74) is 16.6. The molecule has 6 heteroatoms.